The number of nitro groups is 1. The number of furan rings is 1. The van der Waals surface area contributed by atoms with Crippen LogP contribution in [0, 0.1) is 21.6 Å². The molecule has 10 nitrogen and oxygen atoms in total. The van der Waals surface area contributed by atoms with E-state index in [2.05, 4.69) is 15.6 Å². The fraction of sp³-hybridized carbons (Fsp3) is 0.308. The van der Waals surface area contributed by atoms with E-state index in [4.69, 9.17) is 14.4 Å². The number of hydrogen-bond donors (Lipinski definition) is 2. The number of carbonyl (C=O) groups is 1. The van der Waals surface area contributed by atoms with Gasteiger partial charge in [-0.25, -0.2) is 9.79 Å². The van der Waals surface area contributed by atoms with Gasteiger partial charge in [0.2, 0.25) is 5.96 Å². The molecule has 1 atom stereocenters. The number of esters is 1. The monoisotopic (exact) mass is 319 g/mol. The topological polar surface area (TPSA) is 143 Å². The Morgan fingerprint density at radius 3 is 2.96 bits per heavy atom. The van der Waals surface area contributed by atoms with Gasteiger partial charge in [0, 0.05) is 5.70 Å². The molecule has 2 N–H and O–H groups in total. The molecule has 2 heterocycles. The van der Waals surface area contributed by atoms with E-state index in [-0.39, 0.29) is 23.9 Å². The van der Waals surface area contributed by atoms with Gasteiger partial charge in [-0.3, -0.25) is 15.4 Å². The van der Waals surface area contributed by atoms with Crippen LogP contribution in [0.1, 0.15) is 25.6 Å². The first-order chi connectivity index (χ1) is 11.0. The number of hydrogen-bond acceptors (Lipinski definition) is 9. The van der Waals surface area contributed by atoms with Crippen molar-refractivity contribution in [3.05, 3.63) is 39.3 Å². The standard InChI is InChI=1S/C13H13N5O5/c1-3-22-12(19)10-7(2)16-13(15-6-14)17-11(10)8-4-5-9(23-8)18(20)21/h4-5,11H,3H2,1-2H3,(H2,15,16,17)/t11-/m0/s1. The highest BCUT2D eigenvalue weighted by atomic mass is 16.6. The van der Waals surface area contributed by atoms with Gasteiger partial charge in [-0.2, -0.15) is 5.26 Å². The summed E-state index contributed by atoms with van der Waals surface area (Å²) in [7, 11) is 0. The Bertz CT molecular complexity index is 742. The number of guanidine groups is 1. The zero-order chi connectivity index (χ0) is 17.0. The van der Waals surface area contributed by atoms with E-state index < -0.39 is 22.8 Å². The quantitative estimate of drug-likeness (QED) is 0.276. The van der Waals surface area contributed by atoms with Gasteiger partial charge in [-0.15, -0.1) is 0 Å². The van der Waals surface area contributed by atoms with Crippen LogP contribution in [0.5, 0.6) is 0 Å². The van der Waals surface area contributed by atoms with Crippen LogP contribution in [0.15, 0.2) is 32.8 Å². The first-order valence-electron chi connectivity index (χ1n) is 6.59. The molecule has 10 heteroatoms. The summed E-state index contributed by atoms with van der Waals surface area (Å²) in [6.45, 7) is 3.42. The van der Waals surface area contributed by atoms with Crippen molar-refractivity contribution in [2.24, 2.45) is 4.99 Å². The normalized spacial score (nSPS) is 16.9. The van der Waals surface area contributed by atoms with Gasteiger partial charge in [0.05, 0.1) is 18.2 Å². The lowest BCUT2D eigenvalue weighted by atomic mass is 10.0. The first kappa shape index (κ1) is 16.0. The van der Waals surface area contributed by atoms with Crippen LogP contribution in [0.4, 0.5) is 5.88 Å². The second-order valence-corrected chi connectivity index (χ2v) is 4.43. The van der Waals surface area contributed by atoms with Gasteiger partial charge >= 0.3 is 11.9 Å². The molecule has 0 radical (unpaired) electrons. The largest absolute Gasteiger partial charge is 0.463 e. The molecule has 0 fully saturated rings. The minimum absolute atomic E-state index is 0.0952. The average molecular weight is 319 g/mol. The maximum atomic E-state index is 12.1. The molecular formula is C13H13N5O5. The molecule has 0 aromatic carbocycles. The minimum Gasteiger partial charge on any atom is -0.463 e. The van der Waals surface area contributed by atoms with E-state index in [1.807, 2.05) is 0 Å². The lowest BCUT2D eigenvalue weighted by Gasteiger charge is -2.23. The van der Waals surface area contributed by atoms with Crippen molar-refractivity contribution in [3.8, 4) is 6.19 Å². The number of allylic oxidation sites excluding steroid dienone is 1. The van der Waals surface area contributed by atoms with Crippen LogP contribution in [-0.2, 0) is 9.53 Å². The van der Waals surface area contributed by atoms with E-state index in [9.17, 15) is 14.9 Å². The summed E-state index contributed by atoms with van der Waals surface area (Å²) in [6.07, 6.45) is 1.70. The third kappa shape index (κ3) is 3.29. The summed E-state index contributed by atoms with van der Waals surface area (Å²) in [5, 5.41) is 24.5. The fourth-order valence-electron chi connectivity index (χ4n) is 2.06. The average Bonchev–Trinajstić information content (AvgIpc) is 2.97. The second-order valence-electron chi connectivity index (χ2n) is 4.43. The summed E-state index contributed by atoms with van der Waals surface area (Å²) in [6, 6.07) is 1.57. The number of nitrogens with one attached hydrogen (secondary N) is 2. The van der Waals surface area contributed by atoms with Crippen LogP contribution in [0.25, 0.3) is 0 Å². The number of carbonyl (C=O) groups excluding carboxylic acids is 1. The van der Waals surface area contributed by atoms with Crippen molar-refractivity contribution in [1.29, 1.82) is 5.26 Å². The Labute approximate surface area is 130 Å². The molecule has 0 spiro atoms. The summed E-state index contributed by atoms with van der Waals surface area (Å²) in [5.74, 6) is -0.898. The number of aliphatic imine (C=N–C) groups is 1. The maximum Gasteiger partial charge on any atom is 0.433 e. The first-order valence-corrected chi connectivity index (χ1v) is 6.59. The Balaban J connectivity index is 2.46. The Hall–Kier alpha value is -3.35. The highest BCUT2D eigenvalue weighted by Gasteiger charge is 2.33. The highest BCUT2D eigenvalue weighted by Crippen LogP contribution is 2.33. The molecule has 1 aliphatic heterocycles. The Morgan fingerprint density at radius 1 is 1.65 bits per heavy atom. The number of nitriles is 1. The summed E-state index contributed by atoms with van der Waals surface area (Å²) < 4.78 is 10.1. The molecule has 0 aliphatic carbocycles. The van der Waals surface area contributed by atoms with Crippen molar-refractivity contribution >= 4 is 17.8 Å². The molecule has 0 bridgehead atoms. The van der Waals surface area contributed by atoms with E-state index in [1.165, 1.54) is 12.1 Å². The van der Waals surface area contributed by atoms with Crippen molar-refractivity contribution in [2.45, 2.75) is 19.9 Å². The van der Waals surface area contributed by atoms with Crippen LogP contribution < -0.4 is 10.6 Å². The van der Waals surface area contributed by atoms with Crippen molar-refractivity contribution in [1.82, 2.24) is 10.6 Å². The SMILES string of the molecule is CCOC(=O)C1=C(C)NC(NC#N)=N[C@H]1c1ccc([N+](=O)[O-])o1. The van der Waals surface area contributed by atoms with Crippen LogP contribution >= 0.6 is 0 Å². The summed E-state index contributed by atoms with van der Waals surface area (Å²) in [5.41, 5.74) is 0.555. The minimum atomic E-state index is -0.958. The zero-order valence-corrected chi connectivity index (χ0v) is 12.3. The molecule has 0 saturated carbocycles. The predicted octanol–water partition coefficient (Wildman–Crippen LogP) is 1.10. The molecule has 1 aromatic heterocycles. The highest BCUT2D eigenvalue weighted by molar-refractivity contribution is 5.95. The summed E-state index contributed by atoms with van der Waals surface area (Å²) in [4.78, 5) is 26.4. The number of rotatable bonds is 4. The molecule has 0 unspecified atom stereocenters. The molecule has 23 heavy (non-hydrogen) atoms. The Morgan fingerprint density at radius 2 is 2.39 bits per heavy atom. The van der Waals surface area contributed by atoms with Crippen molar-refractivity contribution in [2.75, 3.05) is 6.61 Å². The van der Waals surface area contributed by atoms with Crippen LogP contribution in [-0.4, -0.2) is 23.5 Å². The molecule has 1 aliphatic rings. The summed E-state index contributed by atoms with van der Waals surface area (Å²) >= 11 is 0. The van der Waals surface area contributed by atoms with E-state index in [0.29, 0.717) is 5.70 Å². The van der Waals surface area contributed by atoms with E-state index in [1.54, 1.807) is 20.0 Å². The van der Waals surface area contributed by atoms with Crippen molar-refractivity contribution < 1.29 is 18.9 Å². The van der Waals surface area contributed by atoms with Gasteiger partial charge in [0.25, 0.3) is 0 Å². The van der Waals surface area contributed by atoms with Gasteiger partial charge in [-0.1, -0.05) is 0 Å². The molecule has 0 amide bonds. The van der Waals surface area contributed by atoms with E-state index >= 15 is 0 Å². The van der Waals surface area contributed by atoms with Gasteiger partial charge in [-0.05, 0) is 19.9 Å². The molecular weight excluding hydrogens is 306 g/mol. The van der Waals surface area contributed by atoms with Gasteiger partial charge in [0.15, 0.2) is 6.19 Å². The smallest absolute Gasteiger partial charge is 0.433 e. The maximum absolute atomic E-state index is 12.1. The lowest BCUT2D eigenvalue weighted by Crippen LogP contribution is -2.39. The fourth-order valence-corrected chi connectivity index (χ4v) is 2.06. The van der Waals surface area contributed by atoms with Crippen LogP contribution in [0.2, 0.25) is 0 Å². The molecule has 0 saturated heterocycles. The Kier molecular flexibility index (Phi) is 4.61. The second kappa shape index (κ2) is 6.61. The molecule has 1 aromatic rings. The van der Waals surface area contributed by atoms with Gasteiger partial charge < -0.3 is 14.5 Å². The third-order valence-electron chi connectivity index (χ3n) is 2.97. The number of ether oxygens (including phenoxy) is 1. The van der Waals surface area contributed by atoms with E-state index in [0.717, 1.165) is 0 Å². The van der Waals surface area contributed by atoms with Crippen LogP contribution in [0.3, 0.4) is 0 Å². The molecule has 120 valence electrons. The number of nitrogens with zero attached hydrogens (tertiary/aromatic N) is 3. The predicted molar refractivity (Wildman–Crippen MR) is 76.8 cm³/mol. The lowest BCUT2D eigenvalue weighted by molar-refractivity contribution is -0.402. The van der Waals surface area contributed by atoms with Gasteiger partial charge in [0.1, 0.15) is 16.7 Å². The molecule has 2 rings (SSSR count). The zero-order valence-electron chi connectivity index (χ0n) is 12.3. The van der Waals surface area contributed by atoms with Crippen molar-refractivity contribution in [3.63, 3.8) is 0 Å². The third-order valence-corrected chi connectivity index (χ3v) is 2.97.